The molecule has 2 rings (SSSR count). The molecule has 0 atom stereocenters. The summed E-state index contributed by atoms with van der Waals surface area (Å²) in [7, 11) is 0. The summed E-state index contributed by atoms with van der Waals surface area (Å²) in [5.74, 6) is 3.93. The van der Waals surface area contributed by atoms with E-state index in [-0.39, 0.29) is 0 Å². The number of aromatic nitrogens is 2. The van der Waals surface area contributed by atoms with Gasteiger partial charge in [0.2, 0.25) is 0 Å². The van der Waals surface area contributed by atoms with Crippen molar-refractivity contribution in [2.24, 2.45) is 5.92 Å². The van der Waals surface area contributed by atoms with Gasteiger partial charge < -0.3 is 4.98 Å². The van der Waals surface area contributed by atoms with E-state index in [4.69, 9.17) is 12.2 Å². The number of hydrogen-bond acceptors (Lipinski definition) is 3. The van der Waals surface area contributed by atoms with Gasteiger partial charge in [-0.25, -0.2) is 4.98 Å². The van der Waals surface area contributed by atoms with Crippen LogP contribution in [0.4, 0.5) is 0 Å². The maximum atomic E-state index is 5.39. The summed E-state index contributed by atoms with van der Waals surface area (Å²) >= 11 is 7.32. The van der Waals surface area contributed by atoms with Gasteiger partial charge in [0.05, 0.1) is 5.75 Å². The van der Waals surface area contributed by atoms with Crippen molar-refractivity contribution in [2.45, 2.75) is 45.3 Å². The maximum Gasteiger partial charge on any atom is 0.133 e. The number of aromatic amines is 1. The Morgan fingerprint density at radius 2 is 2.12 bits per heavy atom. The normalized spacial score (nSPS) is 15.0. The second-order valence-corrected chi connectivity index (χ2v) is 6.48. The third kappa shape index (κ3) is 3.55. The Labute approximate surface area is 113 Å². The molecule has 0 fully saturated rings. The summed E-state index contributed by atoms with van der Waals surface area (Å²) in [6, 6.07) is 0. The van der Waals surface area contributed by atoms with E-state index < -0.39 is 0 Å². The highest BCUT2D eigenvalue weighted by Gasteiger charge is 2.13. The molecule has 0 aromatic carbocycles. The Morgan fingerprint density at radius 1 is 1.35 bits per heavy atom. The van der Waals surface area contributed by atoms with E-state index in [1.165, 1.54) is 29.9 Å². The second kappa shape index (κ2) is 6.01. The number of rotatable bonds is 4. The van der Waals surface area contributed by atoms with Crippen molar-refractivity contribution < 1.29 is 0 Å². The van der Waals surface area contributed by atoms with E-state index in [0.717, 1.165) is 35.0 Å². The van der Waals surface area contributed by atoms with Gasteiger partial charge in [0.25, 0.3) is 0 Å². The number of hydrogen-bond donors (Lipinski definition) is 1. The summed E-state index contributed by atoms with van der Waals surface area (Å²) in [5.41, 5.74) is 2.64. The van der Waals surface area contributed by atoms with E-state index in [2.05, 4.69) is 23.8 Å². The molecule has 0 bridgehead atoms. The molecule has 1 N–H and O–H groups in total. The fourth-order valence-corrected chi connectivity index (χ4v) is 3.39. The first kappa shape index (κ1) is 13.1. The number of fused-ring (bicyclic) bond motifs is 1. The van der Waals surface area contributed by atoms with Crippen LogP contribution < -0.4 is 0 Å². The Morgan fingerprint density at radius 3 is 2.88 bits per heavy atom. The van der Waals surface area contributed by atoms with Crippen LogP contribution in [-0.4, -0.2) is 15.7 Å². The predicted molar refractivity (Wildman–Crippen MR) is 77.1 cm³/mol. The molecule has 0 amide bonds. The van der Waals surface area contributed by atoms with E-state index in [0.29, 0.717) is 0 Å². The van der Waals surface area contributed by atoms with Crippen LogP contribution in [0.1, 0.15) is 43.8 Å². The predicted octanol–water partition coefficient (Wildman–Crippen LogP) is 3.91. The molecule has 0 radical (unpaired) electrons. The Balaban J connectivity index is 2.09. The standard InChI is InChI=1S/C13H20N2S2/c1-9(2)7-17-8-12-14-11-6-4-3-5-10(11)13(16)15-12/h9H,3-8H2,1-2H3,(H,14,15,16). The van der Waals surface area contributed by atoms with Crippen molar-refractivity contribution in [3.63, 3.8) is 0 Å². The minimum Gasteiger partial charge on any atom is -0.346 e. The quantitative estimate of drug-likeness (QED) is 0.839. The van der Waals surface area contributed by atoms with Crippen LogP contribution in [0.25, 0.3) is 0 Å². The van der Waals surface area contributed by atoms with Gasteiger partial charge in [-0.2, -0.15) is 11.8 Å². The molecule has 17 heavy (non-hydrogen) atoms. The zero-order chi connectivity index (χ0) is 12.3. The molecule has 2 nitrogen and oxygen atoms in total. The third-order valence-electron chi connectivity index (χ3n) is 2.95. The zero-order valence-corrected chi connectivity index (χ0v) is 12.2. The number of thioether (sulfide) groups is 1. The lowest BCUT2D eigenvalue weighted by atomic mass is 9.97. The molecule has 0 spiro atoms. The highest BCUT2D eigenvalue weighted by atomic mass is 32.2. The fraction of sp³-hybridized carbons (Fsp3) is 0.692. The van der Waals surface area contributed by atoms with Crippen LogP contribution in [-0.2, 0) is 18.6 Å². The van der Waals surface area contributed by atoms with Gasteiger partial charge in [-0.3, -0.25) is 0 Å². The average Bonchev–Trinajstić information content (AvgIpc) is 2.28. The SMILES string of the molecule is CC(C)CSCc1nc(=S)c2c([nH]1)CCCC2. The number of aryl methyl sites for hydroxylation is 1. The van der Waals surface area contributed by atoms with Crippen molar-refractivity contribution in [1.82, 2.24) is 9.97 Å². The van der Waals surface area contributed by atoms with E-state index in [1.807, 2.05) is 11.8 Å². The van der Waals surface area contributed by atoms with Gasteiger partial charge in [0, 0.05) is 11.3 Å². The Hall–Kier alpha value is -0.350. The molecule has 4 heteroatoms. The van der Waals surface area contributed by atoms with Gasteiger partial charge in [-0.1, -0.05) is 26.1 Å². The minimum absolute atomic E-state index is 0.737. The number of H-pyrrole nitrogens is 1. The lowest BCUT2D eigenvalue weighted by Crippen LogP contribution is -2.10. The molecule has 0 aliphatic heterocycles. The number of nitrogens with zero attached hydrogens (tertiary/aromatic N) is 1. The van der Waals surface area contributed by atoms with Crippen molar-refractivity contribution in [3.05, 3.63) is 21.7 Å². The summed E-state index contributed by atoms with van der Waals surface area (Å²) in [5, 5.41) is 0. The Kier molecular flexibility index (Phi) is 4.62. The summed E-state index contributed by atoms with van der Waals surface area (Å²) in [6.07, 6.45) is 4.79. The van der Waals surface area contributed by atoms with Gasteiger partial charge in [-0.15, -0.1) is 0 Å². The van der Waals surface area contributed by atoms with Crippen LogP contribution in [0, 0.1) is 10.6 Å². The van der Waals surface area contributed by atoms with Gasteiger partial charge in [-0.05, 0) is 37.4 Å². The van der Waals surface area contributed by atoms with Crippen LogP contribution >= 0.6 is 24.0 Å². The minimum atomic E-state index is 0.737. The molecule has 0 saturated carbocycles. The van der Waals surface area contributed by atoms with Crippen molar-refractivity contribution in [2.75, 3.05) is 5.75 Å². The molecular weight excluding hydrogens is 248 g/mol. The average molecular weight is 268 g/mol. The van der Waals surface area contributed by atoms with Crippen LogP contribution in [0.5, 0.6) is 0 Å². The molecule has 0 saturated heterocycles. The number of nitrogens with one attached hydrogen (secondary N) is 1. The molecule has 1 aliphatic rings. The van der Waals surface area contributed by atoms with E-state index >= 15 is 0 Å². The van der Waals surface area contributed by atoms with Crippen molar-refractivity contribution >= 4 is 24.0 Å². The first-order chi connectivity index (χ1) is 8.16. The second-order valence-electron chi connectivity index (χ2n) is 5.06. The Bertz CT molecular complexity index is 438. The zero-order valence-electron chi connectivity index (χ0n) is 10.6. The van der Waals surface area contributed by atoms with Crippen LogP contribution in [0.3, 0.4) is 0 Å². The molecule has 1 heterocycles. The van der Waals surface area contributed by atoms with Gasteiger partial charge in [0.15, 0.2) is 0 Å². The smallest absolute Gasteiger partial charge is 0.133 e. The lowest BCUT2D eigenvalue weighted by molar-refractivity contribution is 0.655. The van der Waals surface area contributed by atoms with E-state index in [1.54, 1.807) is 0 Å². The fourth-order valence-electron chi connectivity index (χ4n) is 2.13. The molecule has 1 aliphatic carbocycles. The molecule has 0 unspecified atom stereocenters. The largest absolute Gasteiger partial charge is 0.346 e. The summed E-state index contributed by atoms with van der Waals surface area (Å²) in [4.78, 5) is 8.00. The van der Waals surface area contributed by atoms with Crippen molar-refractivity contribution in [3.8, 4) is 0 Å². The molecule has 1 aromatic rings. The third-order valence-corrected chi connectivity index (χ3v) is 4.67. The highest BCUT2D eigenvalue weighted by molar-refractivity contribution is 7.98. The molecular formula is C13H20N2S2. The highest BCUT2D eigenvalue weighted by Crippen LogP contribution is 2.21. The molecule has 94 valence electrons. The maximum absolute atomic E-state index is 5.39. The van der Waals surface area contributed by atoms with Gasteiger partial charge in [0.1, 0.15) is 10.5 Å². The molecule has 1 aromatic heterocycles. The topological polar surface area (TPSA) is 28.7 Å². The first-order valence-corrected chi connectivity index (χ1v) is 7.92. The lowest BCUT2D eigenvalue weighted by Gasteiger charge is -2.16. The van der Waals surface area contributed by atoms with E-state index in [9.17, 15) is 0 Å². The first-order valence-electron chi connectivity index (χ1n) is 6.35. The van der Waals surface area contributed by atoms with Gasteiger partial charge >= 0.3 is 0 Å². The van der Waals surface area contributed by atoms with Crippen LogP contribution in [0.15, 0.2) is 0 Å². The van der Waals surface area contributed by atoms with Crippen molar-refractivity contribution in [1.29, 1.82) is 0 Å². The summed E-state index contributed by atoms with van der Waals surface area (Å²) in [6.45, 7) is 4.49. The monoisotopic (exact) mass is 268 g/mol. The van der Waals surface area contributed by atoms with Crippen LogP contribution in [0.2, 0.25) is 0 Å². The summed E-state index contributed by atoms with van der Waals surface area (Å²) < 4.78 is 0.832.